The molecule has 0 aromatic heterocycles. The molecule has 1 atom stereocenters. The van der Waals surface area contributed by atoms with Crippen molar-refractivity contribution in [3.63, 3.8) is 0 Å². The van der Waals surface area contributed by atoms with Crippen molar-refractivity contribution in [1.29, 1.82) is 0 Å². The predicted octanol–water partition coefficient (Wildman–Crippen LogP) is 4.57. The van der Waals surface area contributed by atoms with Crippen LogP contribution in [0.1, 0.15) is 69.5 Å². The summed E-state index contributed by atoms with van der Waals surface area (Å²) in [6, 6.07) is 14.6. The van der Waals surface area contributed by atoms with E-state index >= 15 is 0 Å². The summed E-state index contributed by atoms with van der Waals surface area (Å²) in [6.07, 6.45) is 1.16. The second-order valence-electron chi connectivity index (χ2n) is 9.31. The Morgan fingerprint density at radius 1 is 1.07 bits per heavy atom. The van der Waals surface area contributed by atoms with Gasteiger partial charge in [0.2, 0.25) is 0 Å². The Labute approximate surface area is 173 Å². The van der Waals surface area contributed by atoms with E-state index in [-0.39, 0.29) is 23.0 Å². The number of nitrogens with one attached hydrogen (secondary N) is 2. The van der Waals surface area contributed by atoms with Crippen LogP contribution in [-0.2, 0) is 0 Å². The van der Waals surface area contributed by atoms with Gasteiger partial charge in [-0.3, -0.25) is 4.79 Å². The molecule has 3 rings (SSSR count). The first kappa shape index (κ1) is 21.3. The number of aliphatic hydroxyl groups is 1. The molecule has 3 N–H and O–H groups in total. The predicted molar refractivity (Wildman–Crippen MR) is 115 cm³/mol. The van der Waals surface area contributed by atoms with E-state index in [1.807, 2.05) is 24.3 Å². The van der Waals surface area contributed by atoms with Crippen molar-refractivity contribution in [2.24, 2.45) is 0 Å². The quantitative estimate of drug-likeness (QED) is 0.692. The van der Waals surface area contributed by atoms with Gasteiger partial charge in [0.1, 0.15) is 11.5 Å². The van der Waals surface area contributed by atoms with Crippen LogP contribution < -0.4 is 15.4 Å². The molecule has 0 saturated carbocycles. The third kappa shape index (κ3) is 5.58. The molecular formula is C24H32N2O3. The molecule has 2 aromatic carbocycles. The highest BCUT2D eigenvalue weighted by Crippen LogP contribution is 2.30. The van der Waals surface area contributed by atoms with Crippen molar-refractivity contribution in [3.05, 3.63) is 59.7 Å². The molecule has 5 nitrogen and oxygen atoms in total. The van der Waals surface area contributed by atoms with Crippen molar-refractivity contribution < 1.29 is 14.6 Å². The van der Waals surface area contributed by atoms with Gasteiger partial charge in [0, 0.05) is 28.2 Å². The number of hydrogen-bond acceptors (Lipinski definition) is 4. The van der Waals surface area contributed by atoms with Crippen LogP contribution in [0.5, 0.6) is 11.5 Å². The summed E-state index contributed by atoms with van der Waals surface area (Å²) < 4.78 is 5.91. The first-order chi connectivity index (χ1) is 13.5. The second-order valence-corrected chi connectivity index (χ2v) is 9.31. The molecule has 156 valence electrons. The molecule has 1 heterocycles. The second kappa shape index (κ2) is 8.17. The first-order valence-electron chi connectivity index (χ1n) is 10.2. The Hall–Kier alpha value is -2.37. The summed E-state index contributed by atoms with van der Waals surface area (Å²) in [7, 11) is 0. The fraction of sp³-hybridized carbons (Fsp3) is 0.458. The zero-order valence-electron chi connectivity index (χ0n) is 18.0. The van der Waals surface area contributed by atoms with Crippen LogP contribution in [-0.4, -0.2) is 28.1 Å². The molecule has 0 spiro atoms. The van der Waals surface area contributed by atoms with Gasteiger partial charge in [0.05, 0.1) is 6.10 Å². The number of ether oxygens (including phenoxy) is 1. The van der Waals surface area contributed by atoms with Gasteiger partial charge >= 0.3 is 0 Å². The van der Waals surface area contributed by atoms with Gasteiger partial charge in [-0.1, -0.05) is 18.2 Å². The maximum Gasteiger partial charge on any atom is 0.251 e. The van der Waals surface area contributed by atoms with E-state index in [2.05, 4.69) is 38.3 Å². The minimum atomic E-state index is -0.616. The summed E-state index contributed by atoms with van der Waals surface area (Å²) >= 11 is 0. The van der Waals surface area contributed by atoms with E-state index in [1.54, 1.807) is 31.2 Å². The van der Waals surface area contributed by atoms with Gasteiger partial charge in [-0.25, -0.2) is 0 Å². The topological polar surface area (TPSA) is 70.6 Å². The van der Waals surface area contributed by atoms with Crippen LogP contribution in [0.4, 0.5) is 0 Å². The van der Waals surface area contributed by atoms with Gasteiger partial charge in [0.15, 0.2) is 0 Å². The minimum Gasteiger partial charge on any atom is -0.457 e. The lowest BCUT2D eigenvalue weighted by Crippen LogP contribution is -2.62. The molecule has 1 aliphatic rings. The molecule has 29 heavy (non-hydrogen) atoms. The normalized spacial score (nSPS) is 19.4. The van der Waals surface area contributed by atoms with Crippen molar-refractivity contribution >= 4 is 5.91 Å². The molecule has 1 unspecified atom stereocenters. The molecule has 5 heteroatoms. The standard InChI is InChI=1S/C24H32N2O3/c1-16(27)20-8-6-7-9-21(20)29-19-12-10-17(11-13-19)22(28)25-18-14-23(2,3)26-24(4,5)15-18/h6-13,16,18,26-27H,14-15H2,1-5H3,(H,25,28). The number of amides is 1. The Kier molecular flexibility index (Phi) is 6.01. The molecule has 0 radical (unpaired) electrons. The highest BCUT2D eigenvalue weighted by atomic mass is 16.5. The fourth-order valence-corrected chi connectivity index (χ4v) is 4.41. The van der Waals surface area contributed by atoms with Crippen LogP contribution in [0.25, 0.3) is 0 Å². The Bertz CT molecular complexity index is 841. The van der Waals surface area contributed by atoms with Crippen molar-refractivity contribution in [2.75, 3.05) is 0 Å². The fourth-order valence-electron chi connectivity index (χ4n) is 4.41. The van der Waals surface area contributed by atoms with Gasteiger partial charge in [-0.2, -0.15) is 0 Å². The number of carbonyl (C=O) groups is 1. The van der Waals surface area contributed by atoms with Gasteiger partial charge in [0.25, 0.3) is 5.91 Å². The number of carbonyl (C=O) groups excluding carboxylic acids is 1. The number of rotatable bonds is 5. The summed E-state index contributed by atoms with van der Waals surface area (Å²) in [4.78, 5) is 12.7. The van der Waals surface area contributed by atoms with Crippen LogP contribution in [0, 0.1) is 0 Å². The molecule has 1 saturated heterocycles. The van der Waals surface area contributed by atoms with Crippen LogP contribution in [0.2, 0.25) is 0 Å². The lowest BCUT2D eigenvalue weighted by atomic mass is 9.79. The average molecular weight is 397 g/mol. The van der Waals surface area contributed by atoms with Crippen LogP contribution >= 0.6 is 0 Å². The molecule has 1 amide bonds. The first-order valence-corrected chi connectivity index (χ1v) is 10.2. The van der Waals surface area contributed by atoms with Crippen molar-refractivity contribution in [2.45, 2.75) is 70.7 Å². The number of aliphatic hydroxyl groups excluding tert-OH is 1. The molecule has 1 aliphatic heterocycles. The highest BCUT2D eigenvalue weighted by Gasteiger charge is 2.38. The molecule has 1 fully saturated rings. The Morgan fingerprint density at radius 3 is 2.24 bits per heavy atom. The largest absolute Gasteiger partial charge is 0.457 e. The van der Waals surface area contributed by atoms with E-state index in [0.29, 0.717) is 17.1 Å². The van der Waals surface area contributed by atoms with Crippen LogP contribution in [0.15, 0.2) is 48.5 Å². The lowest BCUT2D eigenvalue weighted by molar-refractivity contribution is 0.0873. The average Bonchev–Trinajstić information content (AvgIpc) is 2.59. The highest BCUT2D eigenvalue weighted by molar-refractivity contribution is 5.94. The van der Waals surface area contributed by atoms with Crippen molar-refractivity contribution in [1.82, 2.24) is 10.6 Å². The molecule has 0 bridgehead atoms. The summed E-state index contributed by atoms with van der Waals surface area (Å²) in [6.45, 7) is 10.4. The van der Waals surface area contributed by atoms with Gasteiger partial charge in [-0.05, 0) is 77.8 Å². The smallest absolute Gasteiger partial charge is 0.251 e. The van der Waals surface area contributed by atoms with Gasteiger partial charge < -0.3 is 20.5 Å². The lowest BCUT2D eigenvalue weighted by Gasteiger charge is -2.46. The van der Waals surface area contributed by atoms with E-state index < -0.39 is 6.10 Å². The minimum absolute atomic E-state index is 0.0192. The van der Waals surface area contributed by atoms with E-state index in [9.17, 15) is 9.90 Å². The number of para-hydroxylation sites is 1. The number of piperidine rings is 1. The number of benzene rings is 2. The van der Waals surface area contributed by atoms with E-state index in [1.165, 1.54) is 0 Å². The van der Waals surface area contributed by atoms with Crippen molar-refractivity contribution in [3.8, 4) is 11.5 Å². The Morgan fingerprint density at radius 2 is 1.66 bits per heavy atom. The zero-order chi connectivity index (χ0) is 21.2. The van der Waals surface area contributed by atoms with Crippen LogP contribution in [0.3, 0.4) is 0 Å². The maximum absolute atomic E-state index is 12.7. The summed E-state index contributed by atoms with van der Waals surface area (Å²) in [5.41, 5.74) is 1.30. The van der Waals surface area contributed by atoms with E-state index in [0.717, 1.165) is 18.4 Å². The van der Waals surface area contributed by atoms with Gasteiger partial charge in [-0.15, -0.1) is 0 Å². The monoisotopic (exact) mass is 396 g/mol. The Balaban J connectivity index is 1.67. The molecule has 0 aliphatic carbocycles. The summed E-state index contributed by atoms with van der Waals surface area (Å²) in [5.74, 6) is 1.16. The number of hydrogen-bond donors (Lipinski definition) is 3. The third-order valence-corrected chi connectivity index (χ3v) is 5.24. The molecule has 2 aromatic rings. The van der Waals surface area contributed by atoms with E-state index in [4.69, 9.17) is 4.74 Å². The SMILES string of the molecule is CC(O)c1ccccc1Oc1ccc(C(=O)NC2CC(C)(C)NC(C)(C)C2)cc1. The maximum atomic E-state index is 12.7. The zero-order valence-corrected chi connectivity index (χ0v) is 18.0. The third-order valence-electron chi connectivity index (χ3n) is 5.24. The molecular weight excluding hydrogens is 364 g/mol. The summed E-state index contributed by atoms with van der Waals surface area (Å²) in [5, 5.41) is 16.7.